The summed E-state index contributed by atoms with van der Waals surface area (Å²) < 4.78 is 2.49. The minimum Gasteiger partial charge on any atom is -0.311 e. The van der Waals surface area contributed by atoms with Gasteiger partial charge in [-0.15, -0.1) is 0 Å². The van der Waals surface area contributed by atoms with E-state index < -0.39 is 0 Å². The summed E-state index contributed by atoms with van der Waals surface area (Å²) in [6.07, 6.45) is 0. The Labute approximate surface area is 383 Å². The van der Waals surface area contributed by atoms with E-state index in [1.165, 1.54) is 98.6 Å². The van der Waals surface area contributed by atoms with Crippen molar-refractivity contribution in [1.29, 1.82) is 0 Å². The highest BCUT2D eigenvalue weighted by Crippen LogP contribution is 2.46. The van der Waals surface area contributed by atoms with Gasteiger partial charge in [0, 0.05) is 38.9 Å². The van der Waals surface area contributed by atoms with Crippen LogP contribution in [0.25, 0.3) is 104 Å². The van der Waals surface area contributed by atoms with Gasteiger partial charge in [-0.2, -0.15) is 0 Å². The average Bonchev–Trinajstić information content (AvgIpc) is 3.73. The van der Waals surface area contributed by atoms with E-state index >= 15 is 0 Å². The highest BCUT2D eigenvalue weighted by Gasteiger charge is 2.21. The van der Waals surface area contributed by atoms with Crippen molar-refractivity contribution in [2.45, 2.75) is 0 Å². The quantitative estimate of drug-likeness (QED) is 0.138. The first kappa shape index (κ1) is 37.8. The van der Waals surface area contributed by atoms with E-state index in [2.05, 4.69) is 264 Å². The zero-order chi connectivity index (χ0) is 43.6. The number of fused-ring (bicyclic) bond motifs is 4. The van der Waals surface area contributed by atoms with Crippen LogP contribution in [0.1, 0.15) is 0 Å². The van der Waals surface area contributed by atoms with Crippen LogP contribution < -0.4 is 4.90 Å². The van der Waals surface area contributed by atoms with Crippen molar-refractivity contribution in [3.05, 3.63) is 255 Å². The zero-order valence-electron chi connectivity index (χ0n) is 36.1. The van der Waals surface area contributed by atoms with Crippen molar-refractivity contribution in [2.75, 3.05) is 4.90 Å². The molecule has 0 N–H and O–H groups in total. The molecule has 2 nitrogen and oxygen atoms in total. The van der Waals surface area contributed by atoms with Gasteiger partial charge in [-0.1, -0.05) is 170 Å². The number of benzene rings is 12. The van der Waals surface area contributed by atoms with E-state index in [4.69, 9.17) is 0 Å². The Morgan fingerprint density at radius 3 is 1.38 bits per heavy atom. The van der Waals surface area contributed by atoms with Crippen molar-refractivity contribution in [3.8, 4) is 50.2 Å². The number of rotatable bonds is 8. The van der Waals surface area contributed by atoms with Gasteiger partial charge in [-0.05, 0) is 156 Å². The maximum Gasteiger partial charge on any atom is 0.0620 e. The predicted octanol–water partition coefficient (Wildman–Crippen LogP) is 17.8. The van der Waals surface area contributed by atoms with Gasteiger partial charge in [0.25, 0.3) is 0 Å². The Hall–Kier alpha value is -8.72. The summed E-state index contributed by atoms with van der Waals surface area (Å²) in [6, 6.07) is 93.1. The lowest BCUT2D eigenvalue weighted by atomic mass is 9.88. The highest BCUT2D eigenvalue weighted by molar-refractivity contribution is 6.33. The Morgan fingerprint density at radius 2 is 0.758 bits per heavy atom. The van der Waals surface area contributed by atoms with E-state index in [0.29, 0.717) is 0 Å². The SMILES string of the molecule is c1ccc(-c2cc(-c3ccccc3)cc(-c3ccc4c(c3)c3cc5ccc6ccc(-c7ccc(N(c8ccccc8)c8ccccc8)cc7)c7ccc(c5c67)c3n4-c3ccccc3)c2)cc1. The van der Waals surface area contributed by atoms with Gasteiger partial charge in [0.2, 0.25) is 0 Å². The lowest BCUT2D eigenvalue weighted by Crippen LogP contribution is -2.09. The van der Waals surface area contributed by atoms with E-state index in [1.54, 1.807) is 0 Å². The molecule has 0 spiro atoms. The van der Waals surface area contributed by atoms with Crippen LogP contribution in [-0.2, 0) is 0 Å². The molecule has 0 bridgehead atoms. The van der Waals surface area contributed by atoms with Crippen LogP contribution in [0.3, 0.4) is 0 Å². The fourth-order valence-corrected chi connectivity index (χ4v) is 10.4. The molecule has 0 aliphatic heterocycles. The van der Waals surface area contributed by atoms with Gasteiger partial charge < -0.3 is 9.47 Å². The molecule has 13 aromatic rings. The predicted molar refractivity (Wildman–Crippen MR) is 281 cm³/mol. The monoisotopic (exact) mass is 838 g/mol. The second-order valence-electron chi connectivity index (χ2n) is 17.3. The van der Waals surface area contributed by atoms with Crippen molar-refractivity contribution in [2.24, 2.45) is 0 Å². The molecule has 0 aliphatic rings. The lowest BCUT2D eigenvalue weighted by molar-refractivity contribution is 1.19. The maximum absolute atomic E-state index is 2.49. The fraction of sp³-hybridized carbons (Fsp3) is 0. The van der Waals surface area contributed by atoms with Crippen LogP contribution in [0, 0.1) is 0 Å². The summed E-state index contributed by atoms with van der Waals surface area (Å²) in [6.45, 7) is 0. The highest BCUT2D eigenvalue weighted by atomic mass is 15.1. The van der Waals surface area contributed by atoms with Gasteiger partial charge in [-0.25, -0.2) is 0 Å². The molecule has 13 rings (SSSR count). The molecule has 0 aliphatic carbocycles. The van der Waals surface area contributed by atoms with Crippen LogP contribution in [0.5, 0.6) is 0 Å². The summed E-state index contributed by atoms with van der Waals surface area (Å²) in [5.41, 5.74) is 16.6. The largest absolute Gasteiger partial charge is 0.311 e. The smallest absolute Gasteiger partial charge is 0.0620 e. The zero-order valence-corrected chi connectivity index (χ0v) is 36.1. The molecule has 308 valence electrons. The number of hydrogen-bond donors (Lipinski definition) is 0. The van der Waals surface area contributed by atoms with Crippen LogP contribution in [0.15, 0.2) is 255 Å². The second kappa shape index (κ2) is 15.5. The van der Waals surface area contributed by atoms with E-state index in [9.17, 15) is 0 Å². The molecule has 0 atom stereocenters. The summed E-state index contributed by atoms with van der Waals surface area (Å²) in [5.74, 6) is 0. The summed E-state index contributed by atoms with van der Waals surface area (Å²) in [4.78, 5) is 2.32. The first-order valence-electron chi connectivity index (χ1n) is 22.7. The van der Waals surface area contributed by atoms with Crippen LogP contribution in [-0.4, -0.2) is 4.57 Å². The summed E-state index contributed by atoms with van der Waals surface area (Å²) in [5, 5.41) is 10.1. The molecule has 66 heavy (non-hydrogen) atoms. The van der Waals surface area contributed by atoms with Crippen molar-refractivity contribution in [3.63, 3.8) is 0 Å². The topological polar surface area (TPSA) is 8.17 Å². The Balaban J connectivity index is 0.998. The van der Waals surface area contributed by atoms with Crippen molar-refractivity contribution in [1.82, 2.24) is 4.57 Å². The molecule has 0 saturated carbocycles. The minimum absolute atomic E-state index is 1.12. The normalized spacial score (nSPS) is 11.6. The number of hydrogen-bond acceptors (Lipinski definition) is 1. The molecular weight excluding hydrogens is 797 g/mol. The van der Waals surface area contributed by atoms with E-state index in [0.717, 1.165) is 22.7 Å². The van der Waals surface area contributed by atoms with E-state index in [-0.39, 0.29) is 0 Å². The van der Waals surface area contributed by atoms with Gasteiger partial charge >= 0.3 is 0 Å². The number of nitrogens with zero attached hydrogens (tertiary/aromatic N) is 2. The van der Waals surface area contributed by atoms with Crippen molar-refractivity contribution < 1.29 is 0 Å². The van der Waals surface area contributed by atoms with Crippen molar-refractivity contribution >= 4 is 71.2 Å². The van der Waals surface area contributed by atoms with Gasteiger partial charge in [0.1, 0.15) is 0 Å². The first-order valence-corrected chi connectivity index (χ1v) is 22.7. The minimum atomic E-state index is 1.12. The summed E-state index contributed by atoms with van der Waals surface area (Å²) in [7, 11) is 0. The molecular formula is C64H42N2. The molecule has 12 aromatic carbocycles. The van der Waals surface area contributed by atoms with Gasteiger partial charge in [-0.3, -0.25) is 0 Å². The molecule has 1 aromatic heterocycles. The Kier molecular flexibility index (Phi) is 8.89. The standard InChI is InChI=1S/C64H42N2/c1-6-16-43(17-7-1)49-38-50(44-18-8-2-9-19-44)40-51(39-49)47-31-37-61-59(41-47)60-42-48-27-26-46-30-34-56(57-35-36-58(63(48)62(46)57)64(60)66(61)54-24-14-5-15-25-54)45-28-32-55(33-29-45)65(52-20-10-3-11-21-52)53-22-12-4-13-23-53/h1-42H. The third kappa shape index (κ3) is 6.26. The second-order valence-corrected chi connectivity index (χ2v) is 17.3. The molecule has 0 amide bonds. The van der Waals surface area contributed by atoms with E-state index in [1.807, 2.05) is 0 Å². The van der Waals surface area contributed by atoms with Crippen LogP contribution >= 0.6 is 0 Å². The molecule has 1 heterocycles. The molecule has 2 heteroatoms. The van der Waals surface area contributed by atoms with Crippen LogP contribution in [0.2, 0.25) is 0 Å². The molecule has 0 unspecified atom stereocenters. The molecule has 0 saturated heterocycles. The number of para-hydroxylation sites is 3. The molecule has 0 radical (unpaired) electrons. The summed E-state index contributed by atoms with van der Waals surface area (Å²) >= 11 is 0. The maximum atomic E-state index is 2.49. The average molecular weight is 839 g/mol. The molecule has 0 fully saturated rings. The first-order chi connectivity index (χ1) is 32.7. The third-order valence-electron chi connectivity index (χ3n) is 13.5. The Morgan fingerprint density at radius 1 is 0.273 bits per heavy atom. The van der Waals surface area contributed by atoms with Gasteiger partial charge in [0.15, 0.2) is 0 Å². The Bertz CT molecular complexity index is 3780. The fourth-order valence-electron chi connectivity index (χ4n) is 10.4. The third-order valence-corrected chi connectivity index (χ3v) is 13.5. The number of aromatic nitrogens is 1. The number of anilines is 3. The van der Waals surface area contributed by atoms with Crippen LogP contribution in [0.4, 0.5) is 17.1 Å². The lowest BCUT2D eigenvalue weighted by Gasteiger charge is -2.25. The van der Waals surface area contributed by atoms with Gasteiger partial charge in [0.05, 0.1) is 11.0 Å².